The molecule has 9 heteroatoms. The average molecular weight is 321 g/mol. The number of anilines is 1. The minimum atomic E-state index is -4.07. The van der Waals surface area contributed by atoms with E-state index in [2.05, 4.69) is 4.98 Å². The van der Waals surface area contributed by atoms with Gasteiger partial charge in [-0.3, -0.25) is 4.79 Å². The summed E-state index contributed by atoms with van der Waals surface area (Å²) in [6.45, 7) is 1.71. The molecule has 2 N–H and O–H groups in total. The molecule has 1 atom stereocenters. The van der Waals surface area contributed by atoms with E-state index >= 15 is 0 Å². The Morgan fingerprint density at radius 2 is 1.91 bits per heavy atom. The van der Waals surface area contributed by atoms with Crippen molar-refractivity contribution >= 4 is 27.3 Å². The summed E-state index contributed by atoms with van der Waals surface area (Å²) in [5, 5.41) is 18.3. The number of benzene rings is 1. The normalized spacial score (nSPS) is 17.4. The third-order valence-corrected chi connectivity index (χ3v) is 4.91. The van der Waals surface area contributed by atoms with Gasteiger partial charge in [-0.2, -0.15) is 17.9 Å². The summed E-state index contributed by atoms with van der Waals surface area (Å²) in [5.41, 5.74) is 0.762. The van der Waals surface area contributed by atoms with E-state index in [0.717, 1.165) is 0 Å². The SMILES string of the molecule is Cc1cnc2c(c1)C(=O)N(c1ccc([NH+]([O-])O)cc1)S2(=O)=O. The fourth-order valence-corrected chi connectivity index (χ4v) is 3.71. The Bertz CT molecular complexity index is 862. The molecular formula is C13H11N3O5S. The molecule has 0 bridgehead atoms. The topological polar surface area (TPSA) is 115 Å². The quantitative estimate of drug-likeness (QED) is 0.760. The Morgan fingerprint density at radius 1 is 1.27 bits per heavy atom. The first-order valence-corrected chi connectivity index (χ1v) is 7.66. The highest BCUT2D eigenvalue weighted by molar-refractivity contribution is 7.94. The van der Waals surface area contributed by atoms with Crippen molar-refractivity contribution in [3.63, 3.8) is 0 Å². The molecule has 3 rings (SSSR count). The lowest BCUT2D eigenvalue weighted by Gasteiger charge is -2.16. The minimum absolute atomic E-state index is 0.000669. The van der Waals surface area contributed by atoms with Crippen LogP contribution in [0.3, 0.4) is 0 Å². The van der Waals surface area contributed by atoms with Crippen LogP contribution in [0, 0.1) is 12.1 Å². The molecule has 0 spiro atoms. The lowest BCUT2D eigenvalue weighted by atomic mass is 10.2. The van der Waals surface area contributed by atoms with Gasteiger partial charge in [-0.15, -0.1) is 0 Å². The Balaban J connectivity index is 2.11. The molecular weight excluding hydrogens is 310 g/mol. The van der Waals surface area contributed by atoms with Crippen molar-refractivity contribution in [1.29, 1.82) is 0 Å². The number of sulfonamides is 1. The largest absolute Gasteiger partial charge is 0.595 e. The maximum atomic E-state index is 12.5. The van der Waals surface area contributed by atoms with Crippen molar-refractivity contribution in [3.8, 4) is 0 Å². The molecule has 0 radical (unpaired) electrons. The van der Waals surface area contributed by atoms with E-state index in [1.54, 1.807) is 6.92 Å². The summed E-state index contributed by atoms with van der Waals surface area (Å²) in [4.78, 5) is 16.2. The predicted molar refractivity (Wildman–Crippen MR) is 75.2 cm³/mol. The number of aromatic nitrogens is 1. The molecule has 0 aliphatic carbocycles. The van der Waals surface area contributed by atoms with Gasteiger partial charge in [0, 0.05) is 18.3 Å². The van der Waals surface area contributed by atoms with Gasteiger partial charge in [0.2, 0.25) is 0 Å². The standard InChI is InChI=1S/C13H11N3O5S/c1-8-6-11-12(14-7-8)22(20,21)15(13(11)17)9-2-4-10(5-3-9)16(18)19/h2-7,16,18H,1H3. The second-order valence-electron chi connectivity index (χ2n) is 4.79. The lowest BCUT2D eigenvalue weighted by Crippen LogP contribution is -2.99. The van der Waals surface area contributed by atoms with Crippen LogP contribution >= 0.6 is 0 Å². The third-order valence-electron chi connectivity index (χ3n) is 3.24. The number of fused-ring (bicyclic) bond motifs is 1. The Labute approximate surface area is 125 Å². The lowest BCUT2D eigenvalue weighted by molar-refractivity contribution is -0.991. The molecule has 1 unspecified atom stereocenters. The van der Waals surface area contributed by atoms with E-state index in [4.69, 9.17) is 5.21 Å². The highest BCUT2D eigenvalue weighted by Crippen LogP contribution is 2.33. The number of nitrogens with one attached hydrogen (secondary N) is 1. The first kappa shape index (κ1) is 14.6. The van der Waals surface area contributed by atoms with Gasteiger partial charge in [0.15, 0.2) is 10.7 Å². The van der Waals surface area contributed by atoms with Crippen LogP contribution in [0.4, 0.5) is 11.4 Å². The van der Waals surface area contributed by atoms with Crippen molar-refractivity contribution in [3.05, 3.63) is 52.9 Å². The summed E-state index contributed by atoms with van der Waals surface area (Å²) in [7, 11) is -4.07. The second kappa shape index (κ2) is 4.85. The molecule has 1 aliphatic rings. The predicted octanol–water partition coefficient (Wildman–Crippen LogP) is 0.143. The molecule has 22 heavy (non-hydrogen) atoms. The van der Waals surface area contributed by atoms with E-state index in [9.17, 15) is 18.4 Å². The minimum Gasteiger partial charge on any atom is -0.595 e. The zero-order valence-electron chi connectivity index (χ0n) is 11.3. The van der Waals surface area contributed by atoms with Gasteiger partial charge in [-0.05, 0) is 30.7 Å². The number of hydrogen-bond donors (Lipinski definition) is 2. The fourth-order valence-electron chi connectivity index (χ4n) is 2.22. The van der Waals surface area contributed by atoms with Crippen LogP contribution in [0.2, 0.25) is 0 Å². The zero-order valence-corrected chi connectivity index (χ0v) is 12.2. The van der Waals surface area contributed by atoms with Crippen molar-refractivity contribution in [2.45, 2.75) is 11.9 Å². The van der Waals surface area contributed by atoms with Crippen molar-refractivity contribution in [2.75, 3.05) is 4.31 Å². The van der Waals surface area contributed by atoms with Crippen molar-refractivity contribution in [2.24, 2.45) is 0 Å². The van der Waals surface area contributed by atoms with Crippen LogP contribution in [0.25, 0.3) is 0 Å². The van der Waals surface area contributed by atoms with E-state index < -0.39 is 21.2 Å². The number of rotatable bonds is 2. The van der Waals surface area contributed by atoms with Crippen LogP contribution < -0.4 is 9.53 Å². The van der Waals surface area contributed by atoms with Gasteiger partial charge >= 0.3 is 0 Å². The highest BCUT2D eigenvalue weighted by Gasteiger charge is 2.43. The van der Waals surface area contributed by atoms with Gasteiger partial charge in [-0.1, -0.05) is 0 Å². The smallest absolute Gasteiger partial charge is 0.289 e. The number of quaternary nitrogens is 1. The summed E-state index contributed by atoms with van der Waals surface area (Å²) in [6.07, 6.45) is 1.38. The molecule has 114 valence electrons. The molecule has 2 heterocycles. The van der Waals surface area contributed by atoms with Gasteiger partial charge in [0.05, 0.1) is 11.3 Å². The van der Waals surface area contributed by atoms with E-state index in [1.807, 2.05) is 0 Å². The third kappa shape index (κ3) is 2.07. The summed E-state index contributed by atoms with van der Waals surface area (Å²) < 4.78 is 25.5. The zero-order chi connectivity index (χ0) is 16.1. The van der Waals surface area contributed by atoms with E-state index in [-0.39, 0.29) is 22.0 Å². The van der Waals surface area contributed by atoms with Crippen molar-refractivity contribution < 1.29 is 23.6 Å². The number of pyridine rings is 1. The first-order valence-electron chi connectivity index (χ1n) is 6.22. The van der Waals surface area contributed by atoms with E-state index in [0.29, 0.717) is 9.87 Å². The first-order chi connectivity index (χ1) is 10.3. The highest BCUT2D eigenvalue weighted by atomic mass is 32.2. The van der Waals surface area contributed by atoms with Crippen LogP contribution in [-0.2, 0) is 10.0 Å². The molecule has 1 aromatic heterocycles. The molecule has 1 aromatic carbocycles. The van der Waals surface area contributed by atoms with Gasteiger partial charge in [0.1, 0.15) is 0 Å². The second-order valence-corrected chi connectivity index (χ2v) is 6.49. The number of aryl methyl sites for hydroxylation is 1. The Morgan fingerprint density at radius 3 is 2.50 bits per heavy atom. The molecule has 1 aliphatic heterocycles. The number of hydrogen-bond acceptors (Lipinski definition) is 6. The van der Waals surface area contributed by atoms with Crippen LogP contribution in [0.5, 0.6) is 0 Å². The molecule has 2 aromatic rings. The average Bonchev–Trinajstić information content (AvgIpc) is 2.65. The molecule has 0 saturated carbocycles. The van der Waals surface area contributed by atoms with Crippen LogP contribution in [0.1, 0.15) is 15.9 Å². The number of nitrogens with zero attached hydrogens (tertiary/aromatic N) is 2. The molecule has 8 nitrogen and oxygen atoms in total. The number of carbonyl (C=O) groups excluding carboxylic acids is 1. The van der Waals surface area contributed by atoms with Crippen molar-refractivity contribution in [1.82, 2.24) is 4.98 Å². The summed E-state index contributed by atoms with van der Waals surface area (Å²) in [5.74, 6) is -0.700. The Kier molecular flexibility index (Phi) is 3.22. The molecule has 0 fully saturated rings. The number of amides is 1. The summed E-state index contributed by atoms with van der Waals surface area (Å²) in [6, 6.07) is 6.49. The maximum absolute atomic E-state index is 12.5. The van der Waals surface area contributed by atoms with E-state index in [1.165, 1.54) is 36.5 Å². The fraction of sp³-hybridized carbons (Fsp3) is 0.0769. The molecule has 0 saturated heterocycles. The Hall–Kier alpha value is -2.33. The maximum Gasteiger partial charge on any atom is 0.289 e. The summed E-state index contributed by atoms with van der Waals surface area (Å²) >= 11 is 0. The van der Waals surface area contributed by atoms with Crippen LogP contribution in [0.15, 0.2) is 41.6 Å². The molecule has 1 amide bonds. The monoisotopic (exact) mass is 321 g/mol. The van der Waals surface area contributed by atoms with Crippen LogP contribution in [-0.4, -0.2) is 24.5 Å². The number of carbonyl (C=O) groups is 1. The van der Waals surface area contributed by atoms with Gasteiger partial charge in [0.25, 0.3) is 15.9 Å². The van der Waals surface area contributed by atoms with Gasteiger partial charge < -0.3 is 5.21 Å². The van der Waals surface area contributed by atoms with Gasteiger partial charge in [-0.25, -0.2) is 10.2 Å².